The average molecular weight is 314 g/mol. The van der Waals surface area contributed by atoms with E-state index < -0.39 is 0 Å². The lowest BCUT2D eigenvalue weighted by molar-refractivity contribution is 0.0849. The number of hydrogen-bond acceptors (Lipinski definition) is 5. The van der Waals surface area contributed by atoms with Crippen LogP contribution >= 0.6 is 0 Å². The maximum Gasteiger partial charge on any atom is 0.170 e. The van der Waals surface area contributed by atoms with Crippen LogP contribution in [0.2, 0.25) is 0 Å². The highest BCUT2D eigenvalue weighted by Crippen LogP contribution is 2.39. The van der Waals surface area contributed by atoms with Crippen LogP contribution in [-0.2, 0) is 0 Å². The van der Waals surface area contributed by atoms with E-state index in [0.29, 0.717) is 28.6 Å². The molecule has 0 fully saturated rings. The Morgan fingerprint density at radius 3 is 2.43 bits per heavy atom. The maximum atomic E-state index is 12.4. The van der Waals surface area contributed by atoms with Gasteiger partial charge in [0.05, 0.1) is 33.3 Å². The van der Waals surface area contributed by atoms with Gasteiger partial charge in [-0.15, -0.1) is 0 Å². The summed E-state index contributed by atoms with van der Waals surface area (Å²) in [7, 11) is 4.74. The highest BCUT2D eigenvalue weighted by atomic mass is 16.5. The molecule has 0 saturated carbocycles. The third-order valence-corrected chi connectivity index (χ3v) is 3.91. The van der Waals surface area contributed by atoms with E-state index in [0.717, 1.165) is 5.56 Å². The lowest BCUT2D eigenvalue weighted by Crippen LogP contribution is -2.20. The predicted molar refractivity (Wildman–Crippen MR) is 84.9 cm³/mol. The van der Waals surface area contributed by atoms with E-state index in [9.17, 15) is 4.79 Å². The van der Waals surface area contributed by atoms with Crippen molar-refractivity contribution >= 4 is 5.78 Å². The second-order valence-electron chi connectivity index (χ2n) is 5.21. The Labute approximate surface area is 134 Å². The first kappa shape index (κ1) is 15.2. The number of carbonyl (C=O) groups excluding carboxylic acids is 1. The Bertz CT molecular complexity index is 738. The van der Waals surface area contributed by atoms with Gasteiger partial charge in [-0.1, -0.05) is 6.07 Å². The minimum atomic E-state index is -0.359. The molecule has 0 saturated heterocycles. The summed E-state index contributed by atoms with van der Waals surface area (Å²) in [4.78, 5) is 12.4. The molecule has 3 rings (SSSR count). The normalized spacial score (nSPS) is 16.3. The fourth-order valence-corrected chi connectivity index (χ4v) is 2.67. The third kappa shape index (κ3) is 2.82. The van der Waals surface area contributed by atoms with E-state index in [1.807, 2.05) is 18.2 Å². The van der Waals surface area contributed by atoms with Crippen LogP contribution in [0.25, 0.3) is 0 Å². The molecule has 0 aromatic heterocycles. The second-order valence-corrected chi connectivity index (χ2v) is 5.21. The second kappa shape index (κ2) is 6.20. The molecule has 2 aromatic rings. The van der Waals surface area contributed by atoms with Crippen LogP contribution in [0.5, 0.6) is 23.0 Å². The Morgan fingerprint density at radius 1 is 0.957 bits per heavy atom. The summed E-state index contributed by atoms with van der Waals surface area (Å²) in [6.07, 6.45) is -0.0728. The standard InChI is InChI=1S/C18H18O5/c1-20-12-5-6-13-14(19)10-16(23-17(13)9-12)11-4-7-15(21-2)18(8-11)22-3/h4-9,16H,10H2,1-3H3/t16-/m1/s1. The first-order valence-electron chi connectivity index (χ1n) is 7.26. The van der Waals surface area contributed by atoms with Crippen LogP contribution in [-0.4, -0.2) is 27.1 Å². The Kier molecular flexibility index (Phi) is 4.10. The van der Waals surface area contributed by atoms with E-state index in [1.54, 1.807) is 39.5 Å². The zero-order valence-electron chi connectivity index (χ0n) is 13.3. The highest BCUT2D eigenvalue weighted by Gasteiger charge is 2.28. The van der Waals surface area contributed by atoms with Gasteiger partial charge >= 0.3 is 0 Å². The van der Waals surface area contributed by atoms with Gasteiger partial charge in [0.2, 0.25) is 0 Å². The van der Waals surface area contributed by atoms with Gasteiger partial charge in [0.25, 0.3) is 0 Å². The van der Waals surface area contributed by atoms with Crippen molar-refractivity contribution < 1.29 is 23.7 Å². The molecular formula is C18H18O5. The van der Waals surface area contributed by atoms with Gasteiger partial charge in [-0.3, -0.25) is 4.79 Å². The molecule has 0 bridgehead atoms. The summed E-state index contributed by atoms with van der Waals surface area (Å²) in [6.45, 7) is 0. The van der Waals surface area contributed by atoms with Crippen LogP contribution in [0.3, 0.4) is 0 Å². The molecule has 0 aliphatic carbocycles. The van der Waals surface area contributed by atoms with Gasteiger partial charge < -0.3 is 18.9 Å². The van der Waals surface area contributed by atoms with E-state index in [-0.39, 0.29) is 18.3 Å². The Morgan fingerprint density at radius 2 is 1.74 bits per heavy atom. The van der Waals surface area contributed by atoms with Gasteiger partial charge in [0, 0.05) is 6.07 Å². The van der Waals surface area contributed by atoms with E-state index in [2.05, 4.69) is 0 Å². The van der Waals surface area contributed by atoms with Crippen molar-refractivity contribution in [3.63, 3.8) is 0 Å². The first-order valence-corrected chi connectivity index (χ1v) is 7.26. The maximum absolute atomic E-state index is 12.4. The van der Waals surface area contributed by atoms with Crippen molar-refractivity contribution in [2.45, 2.75) is 12.5 Å². The van der Waals surface area contributed by atoms with Gasteiger partial charge in [-0.05, 0) is 29.8 Å². The molecule has 5 heteroatoms. The van der Waals surface area contributed by atoms with Gasteiger partial charge in [-0.2, -0.15) is 0 Å². The lowest BCUT2D eigenvalue weighted by atomic mass is 9.96. The van der Waals surface area contributed by atoms with Crippen molar-refractivity contribution in [3.8, 4) is 23.0 Å². The SMILES string of the molecule is COc1ccc2c(c1)O[C@@H](c1ccc(OC)c(OC)c1)CC2=O. The molecular weight excluding hydrogens is 296 g/mol. The number of rotatable bonds is 4. The van der Waals surface area contributed by atoms with E-state index in [4.69, 9.17) is 18.9 Å². The fraction of sp³-hybridized carbons (Fsp3) is 0.278. The smallest absolute Gasteiger partial charge is 0.170 e. The van der Waals surface area contributed by atoms with Crippen LogP contribution in [0.15, 0.2) is 36.4 Å². The zero-order valence-corrected chi connectivity index (χ0v) is 13.3. The van der Waals surface area contributed by atoms with Crippen molar-refractivity contribution in [2.24, 2.45) is 0 Å². The van der Waals surface area contributed by atoms with Gasteiger partial charge in [0.15, 0.2) is 17.3 Å². The zero-order chi connectivity index (χ0) is 16.4. The molecule has 23 heavy (non-hydrogen) atoms. The Balaban J connectivity index is 1.94. The number of Topliss-reactive ketones (excluding diaryl/α,β-unsaturated/α-hetero) is 1. The molecule has 0 spiro atoms. The molecule has 1 aliphatic rings. The van der Waals surface area contributed by atoms with Gasteiger partial charge in [-0.25, -0.2) is 0 Å². The van der Waals surface area contributed by atoms with Crippen LogP contribution in [0, 0.1) is 0 Å². The quantitative estimate of drug-likeness (QED) is 0.865. The van der Waals surface area contributed by atoms with Crippen molar-refractivity contribution in [3.05, 3.63) is 47.5 Å². The number of methoxy groups -OCH3 is 3. The molecule has 1 heterocycles. The van der Waals surface area contributed by atoms with Crippen molar-refractivity contribution in [1.29, 1.82) is 0 Å². The minimum absolute atomic E-state index is 0.0497. The van der Waals surface area contributed by atoms with E-state index >= 15 is 0 Å². The van der Waals surface area contributed by atoms with Crippen LogP contribution in [0.1, 0.15) is 28.4 Å². The average Bonchev–Trinajstić information content (AvgIpc) is 2.60. The molecule has 120 valence electrons. The molecule has 1 atom stereocenters. The molecule has 0 unspecified atom stereocenters. The van der Waals surface area contributed by atoms with Gasteiger partial charge in [0.1, 0.15) is 17.6 Å². The molecule has 0 N–H and O–H groups in total. The number of carbonyl (C=O) groups is 1. The number of ketones is 1. The summed E-state index contributed by atoms with van der Waals surface area (Å²) in [5.74, 6) is 2.50. The molecule has 1 aliphatic heterocycles. The van der Waals surface area contributed by atoms with E-state index in [1.165, 1.54) is 0 Å². The van der Waals surface area contributed by atoms with Crippen molar-refractivity contribution in [2.75, 3.05) is 21.3 Å². The number of ether oxygens (including phenoxy) is 4. The lowest BCUT2D eigenvalue weighted by Gasteiger charge is -2.26. The van der Waals surface area contributed by atoms with Crippen molar-refractivity contribution in [1.82, 2.24) is 0 Å². The summed E-state index contributed by atoms with van der Waals surface area (Å²) < 4.78 is 21.8. The molecule has 2 aromatic carbocycles. The highest BCUT2D eigenvalue weighted by molar-refractivity contribution is 6.00. The summed E-state index contributed by atoms with van der Waals surface area (Å²) in [6, 6.07) is 10.8. The number of fused-ring (bicyclic) bond motifs is 1. The topological polar surface area (TPSA) is 54.0 Å². The minimum Gasteiger partial charge on any atom is -0.497 e. The summed E-state index contributed by atoms with van der Waals surface area (Å²) in [5, 5.41) is 0. The van der Waals surface area contributed by atoms with Crippen LogP contribution in [0.4, 0.5) is 0 Å². The largest absolute Gasteiger partial charge is 0.497 e. The molecule has 0 radical (unpaired) electrons. The summed E-state index contributed by atoms with van der Waals surface area (Å²) in [5.41, 5.74) is 1.45. The Hall–Kier alpha value is -2.69. The summed E-state index contributed by atoms with van der Waals surface area (Å²) >= 11 is 0. The monoisotopic (exact) mass is 314 g/mol. The molecule has 5 nitrogen and oxygen atoms in total. The first-order chi connectivity index (χ1) is 11.2. The fourth-order valence-electron chi connectivity index (χ4n) is 2.67. The predicted octanol–water partition coefficient (Wildman–Crippen LogP) is 3.42. The number of hydrogen-bond donors (Lipinski definition) is 0. The van der Waals surface area contributed by atoms with Crippen LogP contribution < -0.4 is 18.9 Å². The third-order valence-electron chi connectivity index (χ3n) is 3.91. The molecule has 0 amide bonds. The number of benzene rings is 2.